The molecule has 2 heterocycles. The Hall–Kier alpha value is -1.13. The van der Waals surface area contributed by atoms with Gasteiger partial charge >= 0.3 is 0 Å². The van der Waals surface area contributed by atoms with Gasteiger partial charge in [-0.25, -0.2) is 4.98 Å². The van der Waals surface area contributed by atoms with Crippen LogP contribution in [0.15, 0.2) is 12.1 Å². The molecule has 21 heavy (non-hydrogen) atoms. The lowest BCUT2D eigenvalue weighted by Gasteiger charge is -2.32. The van der Waals surface area contributed by atoms with Crippen LogP contribution in [0.25, 0.3) is 0 Å². The number of rotatable bonds is 4. The van der Waals surface area contributed by atoms with Gasteiger partial charge in [0, 0.05) is 31.0 Å². The minimum Gasteiger partial charge on any atom is -0.378 e. The minimum atomic E-state index is 0.0381. The molecule has 4 nitrogen and oxygen atoms in total. The molecule has 0 saturated carbocycles. The van der Waals surface area contributed by atoms with Gasteiger partial charge in [0.25, 0.3) is 5.91 Å². The Balaban J connectivity index is 2.07. The lowest BCUT2D eigenvalue weighted by atomic mass is 10.0. The highest BCUT2D eigenvalue weighted by Crippen LogP contribution is 2.21. The number of piperidine rings is 1. The van der Waals surface area contributed by atoms with Crippen LogP contribution in [0.3, 0.4) is 0 Å². The van der Waals surface area contributed by atoms with E-state index in [0.717, 1.165) is 38.2 Å². The summed E-state index contributed by atoms with van der Waals surface area (Å²) in [4.78, 5) is 18.7. The summed E-state index contributed by atoms with van der Waals surface area (Å²) in [5.41, 5.74) is 1.49. The van der Waals surface area contributed by atoms with Crippen molar-refractivity contribution < 1.29 is 9.53 Å². The van der Waals surface area contributed by atoms with Gasteiger partial charge in [-0.2, -0.15) is 0 Å². The molecule has 1 aliphatic rings. The number of nitrogens with zero attached hydrogens (tertiary/aromatic N) is 2. The van der Waals surface area contributed by atoms with Crippen molar-refractivity contribution in [3.63, 3.8) is 0 Å². The van der Waals surface area contributed by atoms with Gasteiger partial charge in [-0.3, -0.25) is 4.79 Å². The van der Waals surface area contributed by atoms with Gasteiger partial charge < -0.3 is 9.64 Å². The maximum absolute atomic E-state index is 12.6. The highest BCUT2D eigenvalue weighted by molar-refractivity contribution is 6.29. The van der Waals surface area contributed by atoms with Crippen molar-refractivity contribution in [2.24, 2.45) is 0 Å². The van der Waals surface area contributed by atoms with Crippen LogP contribution in [0.2, 0.25) is 5.15 Å². The normalized spacial score (nSPS) is 16.5. The number of halogens is 1. The van der Waals surface area contributed by atoms with Gasteiger partial charge in [0.15, 0.2) is 0 Å². The topological polar surface area (TPSA) is 42.4 Å². The summed E-state index contributed by atoms with van der Waals surface area (Å²) in [6.07, 6.45) is 2.08. The highest BCUT2D eigenvalue weighted by Gasteiger charge is 2.24. The SMILES string of the molecule is CCOC1CCN(C(=O)c2cc(Cl)nc(C(C)C)c2)CC1. The third-order valence-electron chi connectivity index (χ3n) is 3.78. The van der Waals surface area contributed by atoms with Crippen molar-refractivity contribution in [2.45, 2.75) is 45.6 Å². The molecule has 0 N–H and O–H groups in total. The third-order valence-corrected chi connectivity index (χ3v) is 3.98. The Bertz CT molecular complexity index is 497. The van der Waals surface area contributed by atoms with Crippen LogP contribution < -0.4 is 0 Å². The molecule has 0 bridgehead atoms. The average Bonchev–Trinajstić information content (AvgIpc) is 2.47. The van der Waals surface area contributed by atoms with Crippen LogP contribution in [0.1, 0.15) is 55.6 Å². The predicted molar refractivity (Wildman–Crippen MR) is 83.9 cm³/mol. The van der Waals surface area contributed by atoms with E-state index in [1.54, 1.807) is 6.07 Å². The first kappa shape index (κ1) is 16.2. The van der Waals surface area contributed by atoms with Gasteiger partial charge in [-0.15, -0.1) is 0 Å². The molecule has 0 radical (unpaired) electrons. The fraction of sp³-hybridized carbons (Fsp3) is 0.625. The van der Waals surface area contributed by atoms with E-state index in [2.05, 4.69) is 4.98 Å². The maximum Gasteiger partial charge on any atom is 0.254 e. The van der Waals surface area contributed by atoms with Crippen LogP contribution in [0, 0.1) is 0 Å². The summed E-state index contributed by atoms with van der Waals surface area (Å²) in [7, 11) is 0. The van der Waals surface area contributed by atoms with E-state index in [1.165, 1.54) is 0 Å². The van der Waals surface area contributed by atoms with E-state index >= 15 is 0 Å². The fourth-order valence-electron chi connectivity index (χ4n) is 2.58. The molecule has 0 spiro atoms. The first-order valence-electron chi connectivity index (χ1n) is 7.59. The first-order chi connectivity index (χ1) is 10.0. The molecule has 0 unspecified atom stereocenters. The molecule has 1 amide bonds. The van der Waals surface area contributed by atoms with E-state index in [9.17, 15) is 4.79 Å². The summed E-state index contributed by atoms with van der Waals surface area (Å²) in [5.74, 6) is 0.287. The van der Waals surface area contributed by atoms with Crippen LogP contribution >= 0.6 is 11.6 Å². The summed E-state index contributed by atoms with van der Waals surface area (Å²) >= 11 is 6.04. The molecule has 1 saturated heterocycles. The maximum atomic E-state index is 12.6. The first-order valence-corrected chi connectivity index (χ1v) is 7.97. The number of hydrogen-bond acceptors (Lipinski definition) is 3. The van der Waals surface area contributed by atoms with Gasteiger partial charge in [0.2, 0.25) is 0 Å². The zero-order valence-corrected chi connectivity index (χ0v) is 13.7. The van der Waals surface area contributed by atoms with E-state index < -0.39 is 0 Å². The van der Waals surface area contributed by atoms with Crippen LogP contribution in [-0.2, 0) is 4.74 Å². The zero-order valence-electron chi connectivity index (χ0n) is 12.9. The second kappa shape index (κ2) is 7.23. The molecule has 2 rings (SSSR count). The Morgan fingerprint density at radius 3 is 2.67 bits per heavy atom. The Labute approximate surface area is 131 Å². The molecule has 0 aromatic carbocycles. The number of amides is 1. The Morgan fingerprint density at radius 2 is 2.10 bits per heavy atom. The molecular weight excluding hydrogens is 288 g/mol. The van der Waals surface area contributed by atoms with E-state index in [0.29, 0.717) is 10.7 Å². The molecule has 1 aromatic rings. The predicted octanol–water partition coefficient (Wildman–Crippen LogP) is 3.50. The van der Waals surface area contributed by atoms with Crippen LogP contribution in [0.4, 0.5) is 0 Å². The molecule has 5 heteroatoms. The van der Waals surface area contributed by atoms with Crippen LogP contribution in [0.5, 0.6) is 0 Å². The summed E-state index contributed by atoms with van der Waals surface area (Å²) in [5, 5.41) is 0.383. The molecule has 1 fully saturated rings. The van der Waals surface area contributed by atoms with Gasteiger partial charge in [-0.05, 0) is 37.8 Å². The number of hydrogen-bond donors (Lipinski definition) is 0. The second-order valence-corrected chi connectivity index (χ2v) is 6.09. The number of carbonyl (C=O) groups excluding carboxylic acids is 1. The number of carbonyl (C=O) groups is 1. The van der Waals surface area contributed by atoms with Crippen molar-refractivity contribution >= 4 is 17.5 Å². The molecule has 1 aliphatic heterocycles. The molecule has 0 atom stereocenters. The molecule has 1 aromatic heterocycles. The monoisotopic (exact) mass is 310 g/mol. The smallest absolute Gasteiger partial charge is 0.254 e. The minimum absolute atomic E-state index is 0.0381. The quantitative estimate of drug-likeness (QED) is 0.799. The van der Waals surface area contributed by atoms with E-state index in [4.69, 9.17) is 16.3 Å². The fourth-order valence-corrected chi connectivity index (χ4v) is 2.80. The van der Waals surface area contributed by atoms with Crippen molar-refractivity contribution in [3.05, 3.63) is 28.5 Å². The summed E-state index contributed by atoms with van der Waals surface area (Å²) in [6.45, 7) is 8.29. The second-order valence-electron chi connectivity index (χ2n) is 5.71. The number of likely N-dealkylation sites (tertiary alicyclic amines) is 1. The van der Waals surface area contributed by atoms with Gasteiger partial charge in [0.05, 0.1) is 6.10 Å². The van der Waals surface area contributed by atoms with Crippen molar-refractivity contribution in [3.8, 4) is 0 Å². The Morgan fingerprint density at radius 1 is 1.43 bits per heavy atom. The average molecular weight is 311 g/mol. The summed E-state index contributed by atoms with van der Waals surface area (Å²) in [6, 6.07) is 3.51. The zero-order chi connectivity index (χ0) is 15.4. The highest BCUT2D eigenvalue weighted by atomic mass is 35.5. The van der Waals surface area contributed by atoms with Crippen molar-refractivity contribution in [2.75, 3.05) is 19.7 Å². The molecule has 116 valence electrons. The van der Waals surface area contributed by atoms with Gasteiger partial charge in [-0.1, -0.05) is 25.4 Å². The van der Waals surface area contributed by atoms with Gasteiger partial charge in [0.1, 0.15) is 5.15 Å². The largest absolute Gasteiger partial charge is 0.378 e. The van der Waals surface area contributed by atoms with Crippen LogP contribution in [-0.4, -0.2) is 41.6 Å². The lowest BCUT2D eigenvalue weighted by Crippen LogP contribution is -2.41. The summed E-state index contributed by atoms with van der Waals surface area (Å²) < 4.78 is 5.62. The van der Waals surface area contributed by atoms with Crippen molar-refractivity contribution in [1.29, 1.82) is 0 Å². The molecular formula is C16H23ClN2O2. The number of ether oxygens (including phenoxy) is 1. The number of aromatic nitrogens is 1. The number of pyridine rings is 1. The third kappa shape index (κ3) is 4.17. The Kier molecular flexibility index (Phi) is 5.59. The lowest BCUT2D eigenvalue weighted by molar-refractivity contribution is 0.0146. The van der Waals surface area contributed by atoms with E-state index in [-0.39, 0.29) is 17.9 Å². The standard InChI is InChI=1S/C16H23ClN2O2/c1-4-21-13-5-7-19(8-6-13)16(20)12-9-14(11(2)3)18-15(17)10-12/h9-11,13H,4-8H2,1-3H3. The van der Waals surface area contributed by atoms with Crippen molar-refractivity contribution in [1.82, 2.24) is 9.88 Å². The van der Waals surface area contributed by atoms with E-state index in [1.807, 2.05) is 31.7 Å². The molecule has 0 aliphatic carbocycles.